The third-order valence-corrected chi connectivity index (χ3v) is 5.90. The molecule has 2 aromatic heterocycles. The summed E-state index contributed by atoms with van der Waals surface area (Å²) in [6.45, 7) is 7.07. The molecule has 0 atom stereocenters. The normalized spacial score (nSPS) is 11.5. The van der Waals surface area contributed by atoms with Crippen molar-refractivity contribution in [2.24, 2.45) is 11.7 Å². The largest absolute Gasteiger partial charge is 0.370 e. The van der Waals surface area contributed by atoms with Gasteiger partial charge in [-0.1, -0.05) is 55.4 Å². The fourth-order valence-electron chi connectivity index (χ4n) is 3.04. The number of pyridine rings is 1. The molecule has 3 aromatic rings. The molecule has 0 bridgehead atoms. The third-order valence-electron chi connectivity index (χ3n) is 4.42. The van der Waals surface area contributed by atoms with Gasteiger partial charge in [-0.3, -0.25) is 9.78 Å². The highest BCUT2D eigenvalue weighted by Crippen LogP contribution is 2.31. The second-order valence-electron chi connectivity index (χ2n) is 7.17. The maximum absolute atomic E-state index is 11.1. The minimum atomic E-state index is -0.337. The molecule has 0 fully saturated rings. The van der Waals surface area contributed by atoms with Gasteiger partial charge in [-0.15, -0.1) is 10.2 Å². The van der Waals surface area contributed by atoms with Crippen LogP contribution in [0.1, 0.15) is 37.4 Å². The molecular weight excluding hydrogens is 394 g/mol. The van der Waals surface area contributed by atoms with Crippen LogP contribution in [-0.2, 0) is 23.5 Å². The van der Waals surface area contributed by atoms with Crippen molar-refractivity contribution < 1.29 is 4.79 Å². The van der Waals surface area contributed by atoms with Crippen molar-refractivity contribution in [1.29, 1.82) is 0 Å². The lowest BCUT2D eigenvalue weighted by Gasteiger charge is -2.13. The summed E-state index contributed by atoms with van der Waals surface area (Å²) in [5, 5.41) is 11.2. The monoisotopic (exact) mass is 417 g/mol. The number of hydrogen-bond acceptors (Lipinski definition) is 5. The van der Waals surface area contributed by atoms with Crippen LogP contribution in [0.3, 0.4) is 0 Å². The van der Waals surface area contributed by atoms with Crippen LogP contribution >= 0.6 is 23.4 Å². The van der Waals surface area contributed by atoms with Crippen LogP contribution in [-0.4, -0.2) is 25.7 Å². The summed E-state index contributed by atoms with van der Waals surface area (Å²) in [6, 6.07) is 7.99. The van der Waals surface area contributed by atoms with Gasteiger partial charge in [-0.25, -0.2) is 0 Å². The zero-order valence-electron chi connectivity index (χ0n) is 16.3. The molecule has 0 saturated carbocycles. The topological polar surface area (TPSA) is 86.7 Å². The smallest absolute Gasteiger partial charge is 0.217 e. The number of halogens is 1. The molecule has 0 aliphatic heterocycles. The van der Waals surface area contributed by atoms with Crippen molar-refractivity contribution in [1.82, 2.24) is 19.7 Å². The Bertz CT molecular complexity index is 1000. The van der Waals surface area contributed by atoms with Gasteiger partial charge in [-0.2, -0.15) is 0 Å². The maximum Gasteiger partial charge on any atom is 0.217 e. The molecule has 0 saturated heterocycles. The highest BCUT2D eigenvalue weighted by atomic mass is 35.5. The van der Waals surface area contributed by atoms with E-state index in [2.05, 4.69) is 28.6 Å². The van der Waals surface area contributed by atoms with Crippen LogP contribution < -0.4 is 5.73 Å². The molecule has 2 N–H and O–H groups in total. The Labute approximate surface area is 173 Å². The van der Waals surface area contributed by atoms with Crippen LogP contribution in [0, 0.1) is 12.8 Å². The lowest BCUT2D eigenvalue weighted by atomic mass is 10.1. The summed E-state index contributed by atoms with van der Waals surface area (Å²) in [6.07, 6.45) is 0.752. The molecule has 0 radical (unpaired) electrons. The highest BCUT2D eigenvalue weighted by Gasteiger charge is 2.17. The van der Waals surface area contributed by atoms with Gasteiger partial charge in [-0.05, 0) is 24.5 Å². The lowest BCUT2D eigenvalue weighted by molar-refractivity contribution is -0.118. The number of carbonyl (C=O) groups excluding carboxylic acids is 1. The minimum absolute atomic E-state index is 0.262. The van der Waals surface area contributed by atoms with Crippen molar-refractivity contribution in [2.75, 3.05) is 0 Å². The molecule has 8 heteroatoms. The molecule has 0 aliphatic rings. The first-order valence-electron chi connectivity index (χ1n) is 9.23. The Hall–Kier alpha value is -2.12. The maximum atomic E-state index is 11.1. The number of amides is 1. The summed E-state index contributed by atoms with van der Waals surface area (Å²) < 4.78 is 2.07. The second kappa shape index (κ2) is 8.92. The van der Waals surface area contributed by atoms with E-state index < -0.39 is 0 Å². The molecule has 28 heavy (non-hydrogen) atoms. The Kier molecular flexibility index (Phi) is 6.57. The summed E-state index contributed by atoms with van der Waals surface area (Å²) in [5.74, 6) is 1.46. The molecule has 2 heterocycles. The fraction of sp³-hybridized carbons (Fsp3) is 0.400. The molecular formula is C20H24ClN5OS. The fourth-order valence-corrected chi connectivity index (χ4v) is 4.24. The summed E-state index contributed by atoms with van der Waals surface area (Å²) in [4.78, 5) is 15.9. The summed E-state index contributed by atoms with van der Waals surface area (Å²) >= 11 is 8.14. The molecule has 0 spiro atoms. The van der Waals surface area contributed by atoms with E-state index in [1.165, 1.54) is 0 Å². The van der Waals surface area contributed by atoms with Gasteiger partial charge in [0.05, 0.1) is 16.2 Å². The van der Waals surface area contributed by atoms with Gasteiger partial charge in [0.2, 0.25) is 5.91 Å². The summed E-state index contributed by atoms with van der Waals surface area (Å²) in [5.41, 5.74) is 8.09. The first-order valence-corrected chi connectivity index (χ1v) is 10.6. The van der Waals surface area contributed by atoms with Crippen molar-refractivity contribution in [3.8, 4) is 0 Å². The van der Waals surface area contributed by atoms with E-state index in [1.54, 1.807) is 11.8 Å². The van der Waals surface area contributed by atoms with Gasteiger partial charge in [0.1, 0.15) is 5.82 Å². The van der Waals surface area contributed by atoms with Gasteiger partial charge >= 0.3 is 0 Å². The Morgan fingerprint density at radius 1 is 1.29 bits per heavy atom. The average Bonchev–Trinajstić information content (AvgIpc) is 3.03. The Morgan fingerprint density at radius 3 is 2.75 bits per heavy atom. The number of nitrogens with zero attached hydrogens (tertiary/aromatic N) is 4. The van der Waals surface area contributed by atoms with Crippen LogP contribution in [0.5, 0.6) is 0 Å². The molecule has 6 nitrogen and oxygen atoms in total. The summed E-state index contributed by atoms with van der Waals surface area (Å²) in [7, 11) is 0. The molecule has 0 unspecified atom stereocenters. The van der Waals surface area contributed by atoms with Crippen LogP contribution in [0.15, 0.2) is 29.4 Å². The third kappa shape index (κ3) is 4.64. The first-order chi connectivity index (χ1) is 13.4. The number of rotatable bonds is 8. The van der Waals surface area contributed by atoms with Gasteiger partial charge < -0.3 is 10.3 Å². The zero-order valence-corrected chi connectivity index (χ0v) is 17.8. The lowest BCUT2D eigenvalue weighted by Crippen LogP contribution is -2.15. The number of thioether (sulfide) groups is 1. The van der Waals surface area contributed by atoms with Crippen molar-refractivity contribution >= 4 is 40.2 Å². The molecule has 148 valence electrons. The Balaban J connectivity index is 1.85. The number of aryl methyl sites for hydroxylation is 2. The van der Waals surface area contributed by atoms with E-state index in [4.69, 9.17) is 22.3 Å². The number of benzene rings is 1. The number of nitrogens with two attached hydrogens (primary N) is 1. The number of para-hydroxylation sites is 1. The number of primary amides is 1. The SMILES string of the molecule is Cc1c(Cl)c(CSc2nnc(CCC(N)=O)n2CC(C)C)nc2ccccc12. The van der Waals surface area contributed by atoms with E-state index in [0.29, 0.717) is 23.1 Å². The van der Waals surface area contributed by atoms with E-state index in [1.807, 2.05) is 31.2 Å². The molecule has 1 amide bonds. The zero-order chi connectivity index (χ0) is 20.3. The number of aromatic nitrogens is 4. The predicted octanol–water partition coefficient (Wildman–Crippen LogP) is 4.15. The molecule has 0 aliphatic carbocycles. The van der Waals surface area contributed by atoms with E-state index in [0.717, 1.165) is 39.7 Å². The quantitative estimate of drug-likeness (QED) is 0.556. The molecule has 1 aromatic carbocycles. The van der Waals surface area contributed by atoms with Crippen LogP contribution in [0.2, 0.25) is 5.02 Å². The standard InChI is InChI=1S/C20H24ClN5OS/c1-12(2)10-26-18(9-8-17(22)27)24-25-20(26)28-11-16-19(21)13(3)14-6-4-5-7-15(14)23-16/h4-7,12H,8-11H2,1-3H3,(H2,22,27). The van der Waals surface area contributed by atoms with E-state index >= 15 is 0 Å². The Morgan fingerprint density at radius 2 is 2.04 bits per heavy atom. The van der Waals surface area contributed by atoms with Gasteiger partial charge in [0.15, 0.2) is 5.16 Å². The van der Waals surface area contributed by atoms with Crippen molar-refractivity contribution in [2.45, 2.75) is 51.1 Å². The average molecular weight is 418 g/mol. The van der Waals surface area contributed by atoms with Crippen molar-refractivity contribution in [3.63, 3.8) is 0 Å². The number of fused-ring (bicyclic) bond motifs is 1. The minimum Gasteiger partial charge on any atom is -0.370 e. The van der Waals surface area contributed by atoms with Crippen LogP contribution in [0.25, 0.3) is 10.9 Å². The first kappa shape index (κ1) is 20.6. The van der Waals surface area contributed by atoms with Crippen LogP contribution in [0.4, 0.5) is 0 Å². The second-order valence-corrected chi connectivity index (χ2v) is 8.49. The number of hydrogen-bond donors (Lipinski definition) is 1. The van der Waals surface area contributed by atoms with Gasteiger partial charge in [0, 0.05) is 30.5 Å². The van der Waals surface area contributed by atoms with Gasteiger partial charge in [0.25, 0.3) is 0 Å². The number of carbonyl (C=O) groups is 1. The van der Waals surface area contributed by atoms with E-state index in [9.17, 15) is 4.79 Å². The van der Waals surface area contributed by atoms with E-state index in [-0.39, 0.29) is 12.3 Å². The molecule has 3 rings (SSSR count). The highest BCUT2D eigenvalue weighted by molar-refractivity contribution is 7.98. The predicted molar refractivity (Wildman–Crippen MR) is 113 cm³/mol. The van der Waals surface area contributed by atoms with Crippen molar-refractivity contribution in [3.05, 3.63) is 46.4 Å².